The largest absolute Gasteiger partial charge is 0.346 e. The average molecular weight is 240 g/mol. The molecule has 0 spiro atoms. The highest BCUT2D eigenvalue weighted by molar-refractivity contribution is 7.98. The summed E-state index contributed by atoms with van der Waals surface area (Å²) in [5.41, 5.74) is 0. The van der Waals surface area contributed by atoms with Crippen molar-refractivity contribution in [3.8, 4) is 0 Å². The Kier molecular flexibility index (Phi) is 3.48. The lowest BCUT2D eigenvalue weighted by Gasteiger charge is -2.09. The van der Waals surface area contributed by atoms with Gasteiger partial charge in [-0.05, 0) is 26.0 Å². The quantitative estimate of drug-likeness (QED) is 0.810. The lowest BCUT2D eigenvalue weighted by atomic mass is 10.4. The van der Waals surface area contributed by atoms with Crippen molar-refractivity contribution in [3.63, 3.8) is 0 Å². The highest BCUT2D eigenvalue weighted by atomic mass is 32.2. The molecule has 1 unspecified atom stereocenters. The number of carbonyl (C=O) groups excluding carboxylic acids is 1. The number of aromatic amines is 1. The molecular weight excluding hydrogens is 224 g/mol. The van der Waals surface area contributed by atoms with Crippen LogP contribution in [-0.2, 0) is 0 Å². The Morgan fingerprint density at radius 2 is 2.44 bits per heavy atom. The van der Waals surface area contributed by atoms with E-state index in [0.29, 0.717) is 5.92 Å². The molecule has 2 rings (SSSR count). The molecule has 0 radical (unpaired) electrons. The molecule has 0 saturated heterocycles. The van der Waals surface area contributed by atoms with Gasteiger partial charge < -0.3 is 5.32 Å². The van der Waals surface area contributed by atoms with E-state index in [2.05, 4.69) is 20.5 Å². The first-order chi connectivity index (χ1) is 7.70. The number of nitrogens with one attached hydrogen (secondary N) is 2. The van der Waals surface area contributed by atoms with E-state index in [9.17, 15) is 4.79 Å². The van der Waals surface area contributed by atoms with E-state index < -0.39 is 0 Å². The summed E-state index contributed by atoms with van der Waals surface area (Å²) in [7, 11) is 0. The third kappa shape index (κ3) is 2.75. The van der Waals surface area contributed by atoms with Gasteiger partial charge in [-0.2, -0.15) is 11.8 Å². The molecular formula is C10H16N4OS. The fourth-order valence-electron chi connectivity index (χ4n) is 1.50. The molecule has 1 saturated carbocycles. The standard InChI is InChI=1S/C10H16N4OS/c1-6(5-16-2)11-10(15)9-12-8(13-14-9)7-3-4-7/h6-7H,3-5H2,1-2H3,(H,11,15)(H,12,13,14). The second-order valence-corrected chi connectivity index (χ2v) is 5.06. The molecule has 1 amide bonds. The van der Waals surface area contributed by atoms with Crippen LogP contribution in [0.4, 0.5) is 0 Å². The van der Waals surface area contributed by atoms with Gasteiger partial charge in [0.05, 0.1) is 0 Å². The van der Waals surface area contributed by atoms with Crippen LogP contribution in [0.15, 0.2) is 0 Å². The molecule has 88 valence electrons. The number of hydrogen-bond acceptors (Lipinski definition) is 4. The summed E-state index contributed by atoms with van der Waals surface area (Å²) in [6.45, 7) is 1.98. The normalized spacial score (nSPS) is 17.1. The number of amides is 1. The van der Waals surface area contributed by atoms with Crippen LogP contribution in [0.25, 0.3) is 0 Å². The number of hydrogen-bond donors (Lipinski definition) is 2. The number of thioether (sulfide) groups is 1. The first kappa shape index (κ1) is 11.4. The van der Waals surface area contributed by atoms with Crippen LogP contribution in [0.5, 0.6) is 0 Å². The van der Waals surface area contributed by atoms with E-state index in [4.69, 9.17) is 0 Å². The predicted octanol–water partition coefficient (Wildman–Crippen LogP) is 1.16. The highest BCUT2D eigenvalue weighted by Gasteiger charge is 2.28. The third-order valence-corrected chi connectivity index (χ3v) is 3.30. The lowest BCUT2D eigenvalue weighted by Crippen LogP contribution is -2.34. The van der Waals surface area contributed by atoms with Crippen LogP contribution in [0.2, 0.25) is 0 Å². The number of nitrogens with zero attached hydrogens (tertiary/aromatic N) is 2. The van der Waals surface area contributed by atoms with Gasteiger partial charge >= 0.3 is 0 Å². The molecule has 1 aromatic rings. The zero-order valence-corrected chi connectivity index (χ0v) is 10.3. The summed E-state index contributed by atoms with van der Waals surface area (Å²) in [5, 5.41) is 9.63. The molecule has 0 aliphatic heterocycles. The summed E-state index contributed by atoms with van der Waals surface area (Å²) in [6.07, 6.45) is 4.32. The van der Waals surface area contributed by atoms with Gasteiger partial charge in [-0.15, -0.1) is 5.10 Å². The van der Waals surface area contributed by atoms with Crippen LogP contribution in [0.3, 0.4) is 0 Å². The first-order valence-corrected chi connectivity index (χ1v) is 6.82. The molecule has 1 aliphatic carbocycles. The van der Waals surface area contributed by atoms with Gasteiger partial charge in [0.15, 0.2) is 0 Å². The summed E-state index contributed by atoms with van der Waals surface area (Å²) in [5.74, 6) is 2.31. The molecule has 16 heavy (non-hydrogen) atoms. The topological polar surface area (TPSA) is 70.7 Å². The van der Waals surface area contributed by atoms with Crippen molar-refractivity contribution in [2.45, 2.75) is 31.7 Å². The van der Waals surface area contributed by atoms with Gasteiger partial charge in [0, 0.05) is 17.7 Å². The second-order valence-electron chi connectivity index (χ2n) is 4.15. The van der Waals surface area contributed by atoms with Crippen molar-refractivity contribution in [1.29, 1.82) is 0 Å². The van der Waals surface area contributed by atoms with E-state index in [1.54, 1.807) is 11.8 Å². The Bertz CT molecular complexity index is 375. The van der Waals surface area contributed by atoms with Crippen molar-refractivity contribution >= 4 is 17.7 Å². The van der Waals surface area contributed by atoms with Gasteiger partial charge in [-0.3, -0.25) is 9.89 Å². The molecule has 1 atom stereocenters. The minimum Gasteiger partial charge on any atom is -0.346 e. The van der Waals surface area contributed by atoms with Gasteiger partial charge in [0.2, 0.25) is 5.82 Å². The van der Waals surface area contributed by atoms with Crippen LogP contribution >= 0.6 is 11.8 Å². The Labute approximate surface area is 98.8 Å². The molecule has 2 N–H and O–H groups in total. The maximum absolute atomic E-state index is 11.7. The minimum absolute atomic E-state index is 0.144. The zero-order chi connectivity index (χ0) is 11.5. The van der Waals surface area contributed by atoms with Crippen molar-refractivity contribution < 1.29 is 4.79 Å². The van der Waals surface area contributed by atoms with Crippen molar-refractivity contribution in [2.24, 2.45) is 0 Å². The molecule has 5 nitrogen and oxygen atoms in total. The Morgan fingerprint density at radius 1 is 1.69 bits per heavy atom. The number of carbonyl (C=O) groups is 1. The van der Waals surface area contributed by atoms with E-state index in [0.717, 1.165) is 24.4 Å². The summed E-state index contributed by atoms with van der Waals surface area (Å²) >= 11 is 1.70. The van der Waals surface area contributed by atoms with Crippen molar-refractivity contribution in [1.82, 2.24) is 20.5 Å². The van der Waals surface area contributed by atoms with Crippen LogP contribution in [0.1, 0.15) is 42.1 Å². The van der Waals surface area contributed by atoms with Gasteiger partial charge in [-0.1, -0.05) is 0 Å². The molecule has 1 aliphatic rings. The summed E-state index contributed by atoms with van der Waals surface area (Å²) in [4.78, 5) is 15.9. The monoisotopic (exact) mass is 240 g/mol. The van der Waals surface area contributed by atoms with E-state index >= 15 is 0 Å². The Morgan fingerprint density at radius 3 is 3.06 bits per heavy atom. The van der Waals surface area contributed by atoms with Crippen LogP contribution in [-0.4, -0.2) is 39.1 Å². The number of aromatic nitrogens is 3. The van der Waals surface area contributed by atoms with Gasteiger partial charge in [0.1, 0.15) is 5.82 Å². The SMILES string of the molecule is CSCC(C)NC(=O)c1n[nH]c(C2CC2)n1. The van der Waals surface area contributed by atoms with Gasteiger partial charge in [0.25, 0.3) is 5.91 Å². The first-order valence-electron chi connectivity index (χ1n) is 5.42. The number of H-pyrrole nitrogens is 1. The zero-order valence-electron chi connectivity index (χ0n) is 9.49. The van der Waals surface area contributed by atoms with E-state index in [1.807, 2.05) is 13.2 Å². The fraction of sp³-hybridized carbons (Fsp3) is 0.700. The Hall–Kier alpha value is -1.04. The molecule has 1 heterocycles. The molecule has 6 heteroatoms. The molecule has 1 fully saturated rings. The summed E-state index contributed by atoms with van der Waals surface area (Å²) < 4.78 is 0. The van der Waals surface area contributed by atoms with E-state index in [-0.39, 0.29) is 17.8 Å². The predicted molar refractivity (Wildman–Crippen MR) is 63.7 cm³/mol. The van der Waals surface area contributed by atoms with E-state index in [1.165, 1.54) is 0 Å². The lowest BCUT2D eigenvalue weighted by molar-refractivity contribution is 0.0933. The molecule has 1 aromatic heterocycles. The fourth-order valence-corrected chi connectivity index (χ4v) is 2.08. The maximum atomic E-state index is 11.7. The smallest absolute Gasteiger partial charge is 0.291 e. The third-order valence-electron chi connectivity index (χ3n) is 2.46. The molecule has 0 aromatic carbocycles. The van der Waals surface area contributed by atoms with Crippen LogP contribution < -0.4 is 5.32 Å². The van der Waals surface area contributed by atoms with Crippen molar-refractivity contribution in [2.75, 3.05) is 12.0 Å². The highest BCUT2D eigenvalue weighted by Crippen LogP contribution is 2.37. The van der Waals surface area contributed by atoms with Gasteiger partial charge in [-0.25, -0.2) is 4.98 Å². The maximum Gasteiger partial charge on any atom is 0.291 e. The molecule has 0 bridgehead atoms. The summed E-state index contributed by atoms with van der Waals surface area (Å²) in [6, 6.07) is 0.144. The van der Waals surface area contributed by atoms with Crippen LogP contribution in [0, 0.1) is 0 Å². The average Bonchev–Trinajstić information content (AvgIpc) is 2.96. The minimum atomic E-state index is -0.190. The number of rotatable bonds is 5. The second kappa shape index (κ2) is 4.86. The van der Waals surface area contributed by atoms with Crippen molar-refractivity contribution in [3.05, 3.63) is 11.6 Å². The Balaban J connectivity index is 1.92.